The predicted molar refractivity (Wildman–Crippen MR) is 154 cm³/mol. The van der Waals surface area contributed by atoms with Gasteiger partial charge in [-0.1, -0.05) is 111 Å². The third-order valence-corrected chi connectivity index (χ3v) is 8.09. The van der Waals surface area contributed by atoms with Crippen LogP contribution in [0.25, 0.3) is 0 Å². The van der Waals surface area contributed by atoms with E-state index in [1.807, 2.05) is 111 Å². The van der Waals surface area contributed by atoms with E-state index in [2.05, 4.69) is 10.0 Å². The second-order valence-electron chi connectivity index (χ2n) is 9.69. The number of rotatable bonds is 11. The van der Waals surface area contributed by atoms with Crippen LogP contribution in [0.1, 0.15) is 48.1 Å². The maximum atomic E-state index is 13.9. The topological polar surface area (TPSA) is 84.5 Å². The molecule has 202 valence electrons. The Balaban J connectivity index is 1.70. The van der Waals surface area contributed by atoms with Gasteiger partial charge in [0.15, 0.2) is 0 Å². The van der Waals surface area contributed by atoms with Crippen molar-refractivity contribution in [1.82, 2.24) is 10.0 Å². The highest BCUT2D eigenvalue weighted by Crippen LogP contribution is 2.29. The van der Waals surface area contributed by atoms with Crippen LogP contribution in [-0.4, -0.2) is 27.5 Å². The Kier molecular flexibility index (Phi) is 9.17. The number of carbonyl (C=O) groups excluding carboxylic acids is 1. The summed E-state index contributed by atoms with van der Waals surface area (Å²) < 4.78 is 35.6. The molecule has 1 unspecified atom stereocenters. The van der Waals surface area contributed by atoms with E-state index in [9.17, 15) is 13.2 Å². The van der Waals surface area contributed by atoms with Crippen LogP contribution in [-0.2, 0) is 21.2 Å². The molecule has 0 radical (unpaired) electrons. The first-order valence-electron chi connectivity index (χ1n) is 12.9. The largest absolute Gasteiger partial charge is 0.495 e. The van der Waals surface area contributed by atoms with Crippen molar-refractivity contribution >= 4 is 15.9 Å². The fourth-order valence-corrected chi connectivity index (χ4v) is 5.84. The first-order chi connectivity index (χ1) is 18.8. The van der Waals surface area contributed by atoms with Crippen molar-refractivity contribution in [2.24, 2.45) is 0 Å². The molecule has 0 aromatic heterocycles. The zero-order chi connectivity index (χ0) is 27.8. The molecule has 0 fully saturated rings. The smallest absolute Gasteiger partial charge is 0.245 e. The molecule has 0 aliphatic carbocycles. The van der Waals surface area contributed by atoms with E-state index in [4.69, 9.17) is 4.74 Å². The molecule has 6 nitrogen and oxygen atoms in total. The number of ether oxygens (including phenoxy) is 1. The van der Waals surface area contributed by atoms with Gasteiger partial charge >= 0.3 is 0 Å². The van der Waals surface area contributed by atoms with Crippen molar-refractivity contribution in [3.8, 4) is 5.75 Å². The molecular formula is C32H34N2O4S. The number of methoxy groups -OCH3 is 1. The highest BCUT2D eigenvalue weighted by molar-refractivity contribution is 7.89. The summed E-state index contributed by atoms with van der Waals surface area (Å²) in [4.78, 5) is 13.9. The highest BCUT2D eigenvalue weighted by Gasteiger charge is 2.30. The molecule has 0 aliphatic rings. The Labute approximate surface area is 231 Å². The van der Waals surface area contributed by atoms with Gasteiger partial charge in [0.1, 0.15) is 16.7 Å². The molecule has 1 amide bonds. The maximum absolute atomic E-state index is 13.9. The van der Waals surface area contributed by atoms with Crippen molar-refractivity contribution in [3.63, 3.8) is 0 Å². The fraction of sp³-hybridized carbons (Fsp3) is 0.219. The molecule has 7 heteroatoms. The van der Waals surface area contributed by atoms with Gasteiger partial charge < -0.3 is 10.1 Å². The van der Waals surface area contributed by atoms with E-state index in [1.54, 1.807) is 12.1 Å². The van der Waals surface area contributed by atoms with Crippen LogP contribution in [0.2, 0.25) is 0 Å². The van der Waals surface area contributed by atoms with Crippen LogP contribution >= 0.6 is 0 Å². The van der Waals surface area contributed by atoms with Gasteiger partial charge in [0.25, 0.3) is 0 Å². The van der Waals surface area contributed by atoms with Crippen molar-refractivity contribution < 1.29 is 17.9 Å². The van der Waals surface area contributed by atoms with E-state index in [1.165, 1.54) is 7.11 Å². The van der Waals surface area contributed by atoms with Crippen LogP contribution in [0.3, 0.4) is 0 Å². The number of sulfonamides is 1. The summed E-state index contributed by atoms with van der Waals surface area (Å²) >= 11 is 0. The lowest BCUT2D eigenvalue weighted by molar-refractivity contribution is -0.123. The Morgan fingerprint density at radius 2 is 1.31 bits per heavy atom. The van der Waals surface area contributed by atoms with Gasteiger partial charge in [-0.3, -0.25) is 4.79 Å². The molecule has 0 saturated carbocycles. The van der Waals surface area contributed by atoms with Crippen LogP contribution in [0.5, 0.6) is 5.75 Å². The average molecular weight is 543 g/mol. The van der Waals surface area contributed by atoms with Gasteiger partial charge in [-0.25, -0.2) is 8.42 Å². The molecule has 0 spiro atoms. The molecule has 1 atom stereocenters. The summed E-state index contributed by atoms with van der Waals surface area (Å²) in [5.41, 5.74) is 3.47. The molecule has 2 N–H and O–H groups in total. The summed E-state index contributed by atoms with van der Waals surface area (Å²) in [6.45, 7) is 3.98. The lowest BCUT2D eigenvalue weighted by Crippen LogP contribution is -2.49. The number of nitrogens with one attached hydrogen (secondary N) is 2. The van der Waals surface area contributed by atoms with E-state index < -0.39 is 28.0 Å². The third kappa shape index (κ3) is 7.13. The molecular weight excluding hydrogens is 508 g/mol. The van der Waals surface area contributed by atoms with Gasteiger partial charge in [-0.2, -0.15) is 4.72 Å². The number of hydrogen-bond acceptors (Lipinski definition) is 4. The zero-order valence-electron chi connectivity index (χ0n) is 22.4. The summed E-state index contributed by atoms with van der Waals surface area (Å²) in [5.74, 6) is -0.0953. The summed E-state index contributed by atoms with van der Waals surface area (Å²) in [7, 11) is -2.69. The third-order valence-electron chi connectivity index (χ3n) is 6.59. The number of amides is 1. The van der Waals surface area contributed by atoms with E-state index in [-0.39, 0.29) is 23.0 Å². The van der Waals surface area contributed by atoms with Crippen LogP contribution < -0.4 is 14.8 Å². The van der Waals surface area contributed by atoms with Crippen molar-refractivity contribution in [1.29, 1.82) is 0 Å². The molecule has 0 aliphatic heterocycles. The second kappa shape index (κ2) is 12.7. The van der Waals surface area contributed by atoms with Crippen molar-refractivity contribution in [2.45, 2.75) is 43.2 Å². The average Bonchev–Trinajstić information content (AvgIpc) is 2.96. The molecule has 0 heterocycles. The fourth-order valence-electron chi connectivity index (χ4n) is 4.44. The Morgan fingerprint density at radius 1 is 0.769 bits per heavy atom. The highest BCUT2D eigenvalue weighted by atomic mass is 32.2. The Hall–Kier alpha value is -3.94. The molecule has 4 rings (SSSR count). The number of benzene rings is 4. The molecule has 4 aromatic rings. The minimum absolute atomic E-state index is 0.00438. The first kappa shape index (κ1) is 28.1. The zero-order valence-corrected chi connectivity index (χ0v) is 23.2. The monoisotopic (exact) mass is 542 g/mol. The quantitative estimate of drug-likeness (QED) is 0.258. The van der Waals surface area contributed by atoms with E-state index in [0.29, 0.717) is 0 Å². The van der Waals surface area contributed by atoms with Gasteiger partial charge in [-0.15, -0.1) is 0 Å². The van der Waals surface area contributed by atoms with Gasteiger partial charge in [0.05, 0.1) is 13.2 Å². The maximum Gasteiger partial charge on any atom is 0.245 e. The van der Waals surface area contributed by atoms with Crippen LogP contribution in [0.15, 0.2) is 114 Å². The lowest BCUT2D eigenvalue weighted by Gasteiger charge is -2.25. The van der Waals surface area contributed by atoms with Crippen LogP contribution in [0, 0.1) is 0 Å². The predicted octanol–water partition coefficient (Wildman–Crippen LogP) is 5.61. The normalized spacial score (nSPS) is 12.3. The summed E-state index contributed by atoms with van der Waals surface area (Å²) in [6, 6.07) is 32.2. The minimum Gasteiger partial charge on any atom is -0.495 e. The molecule has 39 heavy (non-hydrogen) atoms. The van der Waals surface area contributed by atoms with Gasteiger partial charge in [0.2, 0.25) is 15.9 Å². The second-order valence-corrected chi connectivity index (χ2v) is 11.4. The molecule has 4 aromatic carbocycles. The molecule has 0 saturated heterocycles. The first-order valence-corrected chi connectivity index (χ1v) is 14.4. The standard InChI is InChI=1S/C32H34N2O4S/c1-23(2)27-19-20-29(38-3)30(22-27)39(36,37)34-28(21-24-13-7-4-8-14-24)32(35)33-31(25-15-9-5-10-16-25)26-17-11-6-12-18-26/h4-20,22-23,28,31,34H,21H2,1-3H3,(H,33,35). The SMILES string of the molecule is COc1ccc(C(C)C)cc1S(=O)(=O)NC(Cc1ccccc1)C(=O)NC(c1ccccc1)c1ccccc1. The van der Waals surface area contributed by atoms with Crippen LogP contribution in [0.4, 0.5) is 0 Å². The Bertz CT molecular complexity index is 1440. The van der Waals surface area contributed by atoms with E-state index in [0.717, 1.165) is 22.3 Å². The van der Waals surface area contributed by atoms with Crippen molar-refractivity contribution in [3.05, 3.63) is 131 Å². The Morgan fingerprint density at radius 3 is 1.82 bits per heavy atom. The number of carbonyl (C=O) groups is 1. The molecule has 0 bridgehead atoms. The van der Waals surface area contributed by atoms with Gasteiger partial charge in [0, 0.05) is 0 Å². The van der Waals surface area contributed by atoms with E-state index >= 15 is 0 Å². The lowest BCUT2D eigenvalue weighted by atomic mass is 9.97. The van der Waals surface area contributed by atoms with Crippen molar-refractivity contribution in [2.75, 3.05) is 7.11 Å². The number of hydrogen-bond donors (Lipinski definition) is 2. The summed E-state index contributed by atoms with van der Waals surface area (Å²) in [5, 5.41) is 3.11. The minimum atomic E-state index is -4.12. The van der Waals surface area contributed by atoms with Gasteiger partial charge in [-0.05, 0) is 46.7 Å². The summed E-state index contributed by atoms with van der Waals surface area (Å²) in [6.07, 6.45) is 0.175.